The molecule has 2 heterocycles. The van der Waals surface area contributed by atoms with Crippen molar-refractivity contribution in [1.29, 1.82) is 0 Å². The zero-order chi connectivity index (χ0) is 11.5. The number of thioether (sulfide) groups is 1. The van der Waals surface area contributed by atoms with E-state index in [2.05, 4.69) is 37.0 Å². The van der Waals surface area contributed by atoms with Crippen LogP contribution in [0.4, 0.5) is 0 Å². The second-order valence-corrected chi connectivity index (χ2v) is 5.95. The molecule has 0 aliphatic carbocycles. The molecular formula is C11H14N2OS2. The van der Waals surface area contributed by atoms with Crippen LogP contribution in [0.2, 0.25) is 0 Å². The first kappa shape index (κ1) is 11.7. The van der Waals surface area contributed by atoms with Gasteiger partial charge < -0.3 is 4.42 Å². The number of thiophene rings is 1. The zero-order valence-electron chi connectivity index (χ0n) is 9.56. The molecular weight excluding hydrogens is 240 g/mol. The summed E-state index contributed by atoms with van der Waals surface area (Å²) in [7, 11) is 0. The number of aromatic nitrogens is 2. The average molecular weight is 254 g/mol. The summed E-state index contributed by atoms with van der Waals surface area (Å²) in [5.41, 5.74) is 1.19. The summed E-state index contributed by atoms with van der Waals surface area (Å²) in [4.78, 5) is 1.07. The van der Waals surface area contributed by atoms with Gasteiger partial charge in [0.15, 0.2) is 0 Å². The van der Waals surface area contributed by atoms with Crippen molar-refractivity contribution < 1.29 is 4.42 Å². The SMILES string of the molecule is CCC(C)Sc1nnc(-c2sccc2C)o1. The van der Waals surface area contributed by atoms with E-state index in [0.717, 1.165) is 11.3 Å². The van der Waals surface area contributed by atoms with Crippen molar-refractivity contribution in [2.45, 2.75) is 37.7 Å². The Labute approximate surface area is 103 Å². The molecule has 2 aromatic heterocycles. The zero-order valence-corrected chi connectivity index (χ0v) is 11.2. The molecule has 0 N–H and O–H groups in total. The fourth-order valence-corrected chi connectivity index (χ4v) is 2.77. The molecule has 0 aromatic carbocycles. The maximum absolute atomic E-state index is 5.63. The van der Waals surface area contributed by atoms with E-state index in [1.54, 1.807) is 23.1 Å². The Balaban J connectivity index is 2.17. The van der Waals surface area contributed by atoms with Crippen LogP contribution in [0.3, 0.4) is 0 Å². The normalized spacial score (nSPS) is 12.9. The van der Waals surface area contributed by atoms with E-state index in [-0.39, 0.29) is 0 Å². The van der Waals surface area contributed by atoms with Gasteiger partial charge in [0, 0.05) is 5.25 Å². The van der Waals surface area contributed by atoms with E-state index >= 15 is 0 Å². The molecule has 2 rings (SSSR count). The van der Waals surface area contributed by atoms with E-state index in [0.29, 0.717) is 16.4 Å². The van der Waals surface area contributed by atoms with Gasteiger partial charge in [-0.25, -0.2) is 0 Å². The summed E-state index contributed by atoms with van der Waals surface area (Å²) >= 11 is 3.27. The van der Waals surface area contributed by atoms with Crippen molar-refractivity contribution in [2.75, 3.05) is 0 Å². The molecule has 0 aliphatic heterocycles. The molecule has 2 aromatic rings. The molecule has 3 nitrogen and oxygen atoms in total. The molecule has 0 spiro atoms. The summed E-state index contributed by atoms with van der Waals surface area (Å²) in [5, 5.41) is 11.3. The molecule has 0 amide bonds. The van der Waals surface area contributed by atoms with Crippen LogP contribution in [0.15, 0.2) is 21.1 Å². The van der Waals surface area contributed by atoms with Crippen LogP contribution in [0, 0.1) is 6.92 Å². The number of aryl methyl sites for hydroxylation is 1. The standard InChI is InChI=1S/C11H14N2OS2/c1-4-8(3)16-11-13-12-10(14-11)9-7(2)5-6-15-9/h5-6,8H,4H2,1-3H3. The van der Waals surface area contributed by atoms with Crippen LogP contribution in [-0.4, -0.2) is 15.4 Å². The Morgan fingerprint density at radius 2 is 2.31 bits per heavy atom. The minimum Gasteiger partial charge on any atom is -0.410 e. The van der Waals surface area contributed by atoms with E-state index in [4.69, 9.17) is 4.42 Å². The molecule has 0 radical (unpaired) electrons. The van der Waals surface area contributed by atoms with Crippen LogP contribution < -0.4 is 0 Å². The second-order valence-electron chi connectivity index (χ2n) is 3.64. The summed E-state index contributed by atoms with van der Waals surface area (Å²) in [6.45, 7) is 6.36. The van der Waals surface area contributed by atoms with Gasteiger partial charge in [-0.2, -0.15) is 0 Å². The molecule has 0 saturated carbocycles. The minimum absolute atomic E-state index is 0.512. The van der Waals surface area contributed by atoms with Gasteiger partial charge in [-0.15, -0.1) is 21.5 Å². The first-order valence-corrected chi connectivity index (χ1v) is 7.01. The molecule has 1 atom stereocenters. The third kappa shape index (κ3) is 2.47. The summed E-state index contributed by atoms with van der Waals surface area (Å²) in [6.07, 6.45) is 1.10. The van der Waals surface area contributed by atoms with Gasteiger partial charge in [-0.1, -0.05) is 25.6 Å². The van der Waals surface area contributed by atoms with Crippen molar-refractivity contribution in [3.8, 4) is 10.8 Å². The van der Waals surface area contributed by atoms with Crippen LogP contribution in [0.25, 0.3) is 10.8 Å². The van der Waals surface area contributed by atoms with Crippen LogP contribution in [-0.2, 0) is 0 Å². The monoisotopic (exact) mass is 254 g/mol. The summed E-state index contributed by atoms with van der Waals surface area (Å²) < 4.78 is 5.63. The fraction of sp³-hybridized carbons (Fsp3) is 0.455. The molecule has 86 valence electrons. The molecule has 1 unspecified atom stereocenters. The van der Waals surface area contributed by atoms with Gasteiger partial charge in [0.2, 0.25) is 0 Å². The molecule has 5 heteroatoms. The van der Waals surface area contributed by atoms with E-state index in [9.17, 15) is 0 Å². The first-order valence-electron chi connectivity index (χ1n) is 5.25. The van der Waals surface area contributed by atoms with Gasteiger partial charge in [-0.05, 0) is 30.4 Å². The Morgan fingerprint density at radius 1 is 1.50 bits per heavy atom. The van der Waals surface area contributed by atoms with Crippen molar-refractivity contribution in [3.63, 3.8) is 0 Å². The van der Waals surface area contributed by atoms with Crippen molar-refractivity contribution in [1.82, 2.24) is 10.2 Å². The smallest absolute Gasteiger partial charge is 0.277 e. The van der Waals surface area contributed by atoms with Crippen LogP contribution in [0.1, 0.15) is 25.8 Å². The van der Waals surface area contributed by atoms with Crippen LogP contribution in [0.5, 0.6) is 0 Å². The van der Waals surface area contributed by atoms with Gasteiger partial charge in [0.1, 0.15) is 0 Å². The Kier molecular flexibility index (Phi) is 3.66. The average Bonchev–Trinajstić information content (AvgIpc) is 2.86. The van der Waals surface area contributed by atoms with Crippen molar-refractivity contribution in [3.05, 3.63) is 17.0 Å². The number of hydrogen-bond acceptors (Lipinski definition) is 5. The van der Waals surface area contributed by atoms with Crippen molar-refractivity contribution in [2.24, 2.45) is 0 Å². The fourth-order valence-electron chi connectivity index (χ4n) is 1.20. The van der Waals surface area contributed by atoms with E-state index in [1.165, 1.54) is 5.56 Å². The third-order valence-electron chi connectivity index (χ3n) is 2.34. The highest BCUT2D eigenvalue weighted by Gasteiger charge is 2.13. The van der Waals surface area contributed by atoms with E-state index in [1.807, 2.05) is 5.38 Å². The van der Waals surface area contributed by atoms with Gasteiger partial charge in [0.05, 0.1) is 4.88 Å². The van der Waals surface area contributed by atoms with E-state index < -0.39 is 0 Å². The minimum atomic E-state index is 0.512. The number of hydrogen-bond donors (Lipinski definition) is 0. The summed E-state index contributed by atoms with van der Waals surface area (Å²) in [6, 6.07) is 2.06. The van der Waals surface area contributed by atoms with Crippen LogP contribution >= 0.6 is 23.1 Å². The quantitative estimate of drug-likeness (QED) is 0.773. The van der Waals surface area contributed by atoms with Gasteiger partial charge >= 0.3 is 0 Å². The highest BCUT2D eigenvalue weighted by molar-refractivity contribution is 7.99. The third-order valence-corrected chi connectivity index (χ3v) is 4.45. The number of nitrogens with zero attached hydrogens (tertiary/aromatic N) is 2. The first-order chi connectivity index (χ1) is 7.70. The van der Waals surface area contributed by atoms with Gasteiger partial charge in [0.25, 0.3) is 11.1 Å². The number of rotatable bonds is 4. The molecule has 0 saturated heterocycles. The molecule has 0 bridgehead atoms. The maximum atomic E-state index is 5.63. The second kappa shape index (κ2) is 5.01. The Bertz CT molecular complexity index is 464. The Morgan fingerprint density at radius 3 is 2.94 bits per heavy atom. The lowest BCUT2D eigenvalue weighted by molar-refractivity contribution is 0.465. The lowest BCUT2D eigenvalue weighted by Crippen LogP contribution is -1.91. The highest BCUT2D eigenvalue weighted by atomic mass is 32.2. The largest absolute Gasteiger partial charge is 0.410 e. The highest BCUT2D eigenvalue weighted by Crippen LogP contribution is 2.31. The molecule has 0 aliphatic rings. The predicted molar refractivity (Wildman–Crippen MR) is 68.0 cm³/mol. The predicted octanol–water partition coefficient (Wildman–Crippen LogP) is 4.00. The topological polar surface area (TPSA) is 38.9 Å². The van der Waals surface area contributed by atoms with Gasteiger partial charge in [-0.3, -0.25) is 0 Å². The molecule has 0 fully saturated rings. The molecule has 16 heavy (non-hydrogen) atoms. The van der Waals surface area contributed by atoms with Crippen molar-refractivity contribution >= 4 is 23.1 Å². The Hall–Kier alpha value is -0.810. The lowest BCUT2D eigenvalue weighted by atomic mass is 10.3. The lowest BCUT2D eigenvalue weighted by Gasteiger charge is -2.01. The maximum Gasteiger partial charge on any atom is 0.277 e. The summed E-state index contributed by atoms with van der Waals surface area (Å²) in [5.74, 6) is 0.637.